The molecule has 0 saturated carbocycles. The van der Waals surface area contributed by atoms with Crippen molar-refractivity contribution in [1.82, 2.24) is 15.5 Å². The second-order valence-electron chi connectivity index (χ2n) is 7.33. The molecule has 0 saturated heterocycles. The van der Waals surface area contributed by atoms with Crippen LogP contribution in [0.5, 0.6) is 11.5 Å². The first kappa shape index (κ1) is 27.5. The quantitative estimate of drug-likeness (QED) is 0.253. The number of benzene rings is 2. The zero-order valence-electron chi connectivity index (χ0n) is 19.4. The number of hydrogen-bond acceptors (Lipinski definition) is 4. The van der Waals surface area contributed by atoms with Crippen molar-refractivity contribution in [3.05, 3.63) is 59.7 Å². The van der Waals surface area contributed by atoms with E-state index in [4.69, 9.17) is 9.47 Å². The molecule has 0 radical (unpaired) electrons. The monoisotopic (exact) mass is 554 g/mol. The van der Waals surface area contributed by atoms with Gasteiger partial charge >= 0.3 is 0 Å². The van der Waals surface area contributed by atoms with Gasteiger partial charge in [0.25, 0.3) is 0 Å². The lowest BCUT2D eigenvalue weighted by Gasteiger charge is -2.15. The van der Waals surface area contributed by atoms with Gasteiger partial charge in [-0.3, -0.25) is 4.79 Å². The van der Waals surface area contributed by atoms with Crippen molar-refractivity contribution in [2.75, 3.05) is 40.9 Å². The SMILES string of the molecule is CCCOc1cccc(CCNC(=NCc2ccc(OC)cc2)NCC(=O)N(C)C)c1.I. The summed E-state index contributed by atoms with van der Waals surface area (Å²) in [6.07, 6.45) is 1.80. The zero-order chi connectivity index (χ0) is 22.5. The summed E-state index contributed by atoms with van der Waals surface area (Å²) in [4.78, 5) is 18.1. The lowest BCUT2D eigenvalue weighted by molar-refractivity contribution is -0.127. The first-order chi connectivity index (χ1) is 15.0. The van der Waals surface area contributed by atoms with Crippen LogP contribution in [-0.2, 0) is 17.8 Å². The van der Waals surface area contributed by atoms with Gasteiger partial charge in [0.05, 0.1) is 26.8 Å². The topological polar surface area (TPSA) is 75.2 Å². The van der Waals surface area contributed by atoms with Gasteiger partial charge in [-0.05, 0) is 48.2 Å². The van der Waals surface area contributed by atoms with Crippen molar-refractivity contribution < 1.29 is 14.3 Å². The summed E-state index contributed by atoms with van der Waals surface area (Å²) >= 11 is 0. The molecular formula is C24H35IN4O3. The molecule has 32 heavy (non-hydrogen) atoms. The minimum absolute atomic E-state index is 0. The first-order valence-corrected chi connectivity index (χ1v) is 10.6. The summed E-state index contributed by atoms with van der Waals surface area (Å²) < 4.78 is 10.9. The van der Waals surface area contributed by atoms with Gasteiger partial charge in [0.2, 0.25) is 5.91 Å². The van der Waals surface area contributed by atoms with E-state index >= 15 is 0 Å². The maximum Gasteiger partial charge on any atom is 0.241 e. The Labute approximate surface area is 208 Å². The fourth-order valence-electron chi connectivity index (χ4n) is 2.73. The number of halogens is 1. The summed E-state index contributed by atoms with van der Waals surface area (Å²) in [6.45, 7) is 4.17. The van der Waals surface area contributed by atoms with Crippen LogP contribution in [-0.4, -0.2) is 57.7 Å². The molecule has 0 aliphatic rings. The zero-order valence-corrected chi connectivity index (χ0v) is 21.7. The van der Waals surface area contributed by atoms with Crippen molar-refractivity contribution in [1.29, 1.82) is 0 Å². The number of likely N-dealkylation sites (N-methyl/N-ethyl adjacent to an activating group) is 1. The van der Waals surface area contributed by atoms with E-state index in [2.05, 4.69) is 34.7 Å². The van der Waals surface area contributed by atoms with Crippen LogP contribution in [0.25, 0.3) is 0 Å². The smallest absolute Gasteiger partial charge is 0.241 e. The second kappa shape index (κ2) is 15.3. The lowest BCUT2D eigenvalue weighted by atomic mass is 10.1. The van der Waals surface area contributed by atoms with E-state index in [0.29, 0.717) is 25.7 Å². The lowest BCUT2D eigenvalue weighted by Crippen LogP contribution is -2.43. The van der Waals surface area contributed by atoms with E-state index in [1.165, 1.54) is 5.56 Å². The highest BCUT2D eigenvalue weighted by molar-refractivity contribution is 14.0. The van der Waals surface area contributed by atoms with E-state index in [0.717, 1.165) is 29.9 Å². The summed E-state index contributed by atoms with van der Waals surface area (Å²) in [5.74, 6) is 2.29. The van der Waals surface area contributed by atoms with Crippen molar-refractivity contribution in [3.63, 3.8) is 0 Å². The predicted octanol–water partition coefficient (Wildman–Crippen LogP) is 3.47. The molecule has 0 aromatic heterocycles. The number of carbonyl (C=O) groups excluding carboxylic acids is 1. The molecule has 0 aliphatic carbocycles. The number of nitrogens with zero attached hydrogens (tertiary/aromatic N) is 2. The van der Waals surface area contributed by atoms with Crippen LogP contribution in [0.3, 0.4) is 0 Å². The number of methoxy groups -OCH3 is 1. The van der Waals surface area contributed by atoms with E-state index in [9.17, 15) is 4.79 Å². The molecule has 2 aromatic rings. The Bertz CT molecular complexity index is 841. The molecule has 176 valence electrons. The Hall–Kier alpha value is -2.49. The van der Waals surface area contributed by atoms with Crippen molar-refractivity contribution >= 4 is 35.8 Å². The third-order valence-corrected chi connectivity index (χ3v) is 4.56. The molecule has 0 heterocycles. The second-order valence-corrected chi connectivity index (χ2v) is 7.33. The maximum absolute atomic E-state index is 12.0. The van der Waals surface area contributed by atoms with Crippen LogP contribution in [0.4, 0.5) is 0 Å². The first-order valence-electron chi connectivity index (χ1n) is 10.6. The van der Waals surface area contributed by atoms with Crippen molar-refractivity contribution in [2.45, 2.75) is 26.3 Å². The largest absolute Gasteiger partial charge is 0.497 e. The molecule has 7 nitrogen and oxygen atoms in total. The Morgan fingerprint density at radius 1 is 1.03 bits per heavy atom. The molecule has 2 rings (SSSR count). The maximum atomic E-state index is 12.0. The summed E-state index contributed by atoms with van der Waals surface area (Å²) in [5, 5.41) is 6.44. The highest BCUT2D eigenvalue weighted by Crippen LogP contribution is 2.14. The van der Waals surface area contributed by atoms with Crippen LogP contribution >= 0.6 is 24.0 Å². The van der Waals surface area contributed by atoms with Gasteiger partial charge in [0.15, 0.2) is 5.96 Å². The minimum atomic E-state index is -0.0141. The van der Waals surface area contributed by atoms with Crippen molar-refractivity contribution in [2.24, 2.45) is 4.99 Å². The fraction of sp³-hybridized carbons (Fsp3) is 0.417. The van der Waals surface area contributed by atoms with Gasteiger partial charge in [-0.25, -0.2) is 4.99 Å². The summed E-state index contributed by atoms with van der Waals surface area (Å²) in [5.41, 5.74) is 2.24. The van der Waals surface area contributed by atoms with Crippen molar-refractivity contribution in [3.8, 4) is 11.5 Å². The minimum Gasteiger partial charge on any atom is -0.497 e. The third-order valence-electron chi connectivity index (χ3n) is 4.56. The molecule has 0 aliphatic heterocycles. The van der Waals surface area contributed by atoms with E-state index in [1.807, 2.05) is 36.4 Å². The van der Waals surface area contributed by atoms with Crippen LogP contribution in [0.2, 0.25) is 0 Å². The number of hydrogen-bond donors (Lipinski definition) is 2. The van der Waals surface area contributed by atoms with E-state index < -0.39 is 0 Å². The molecule has 2 aromatic carbocycles. The van der Waals surface area contributed by atoms with Crippen LogP contribution in [0, 0.1) is 0 Å². The van der Waals surface area contributed by atoms with Gasteiger partial charge in [-0.2, -0.15) is 0 Å². The van der Waals surface area contributed by atoms with Gasteiger partial charge < -0.3 is 25.0 Å². The molecule has 0 fully saturated rings. The van der Waals surface area contributed by atoms with Gasteiger partial charge in [-0.1, -0.05) is 31.2 Å². The Morgan fingerprint density at radius 2 is 1.78 bits per heavy atom. The average molecular weight is 554 g/mol. The molecule has 0 spiro atoms. The van der Waals surface area contributed by atoms with Gasteiger partial charge in [-0.15, -0.1) is 24.0 Å². The van der Waals surface area contributed by atoms with Gasteiger partial charge in [0.1, 0.15) is 11.5 Å². The van der Waals surface area contributed by atoms with E-state index in [1.54, 1.807) is 26.1 Å². The van der Waals surface area contributed by atoms with E-state index in [-0.39, 0.29) is 36.4 Å². The molecule has 0 bridgehead atoms. The summed E-state index contributed by atoms with van der Waals surface area (Å²) in [6, 6.07) is 15.9. The molecule has 0 atom stereocenters. The average Bonchev–Trinajstić information content (AvgIpc) is 2.79. The number of ether oxygens (including phenoxy) is 2. The predicted molar refractivity (Wildman–Crippen MR) is 140 cm³/mol. The number of nitrogens with one attached hydrogen (secondary N) is 2. The number of aliphatic imine (C=N–C) groups is 1. The third kappa shape index (κ3) is 10.2. The number of guanidine groups is 1. The number of carbonyl (C=O) groups is 1. The highest BCUT2D eigenvalue weighted by atomic mass is 127. The molecule has 1 amide bonds. The van der Waals surface area contributed by atoms with Crippen LogP contribution < -0.4 is 20.1 Å². The molecule has 0 unspecified atom stereocenters. The Kier molecular flexibility index (Phi) is 13.2. The highest BCUT2D eigenvalue weighted by Gasteiger charge is 2.06. The number of rotatable bonds is 11. The Morgan fingerprint density at radius 3 is 2.44 bits per heavy atom. The Balaban J connectivity index is 0.00000512. The summed E-state index contributed by atoms with van der Waals surface area (Å²) in [7, 11) is 5.12. The van der Waals surface area contributed by atoms with Crippen LogP contribution in [0.1, 0.15) is 24.5 Å². The molecule has 2 N–H and O–H groups in total. The van der Waals surface area contributed by atoms with Crippen LogP contribution in [0.15, 0.2) is 53.5 Å². The number of amides is 1. The molecule has 8 heteroatoms. The normalized spacial score (nSPS) is 10.7. The van der Waals surface area contributed by atoms with Gasteiger partial charge in [0, 0.05) is 20.6 Å². The fourth-order valence-corrected chi connectivity index (χ4v) is 2.73. The standard InChI is InChI=1S/C24H34N4O3.HI/c1-5-15-31-22-8-6-7-19(16-22)13-14-25-24(27-18-23(29)28(2)3)26-17-20-9-11-21(30-4)12-10-20;/h6-12,16H,5,13-15,17-18H2,1-4H3,(H2,25,26,27);1H. The molecular weight excluding hydrogens is 519 g/mol.